The second-order valence-electron chi connectivity index (χ2n) is 8.68. The van der Waals surface area contributed by atoms with Crippen LogP contribution in [0.3, 0.4) is 0 Å². The van der Waals surface area contributed by atoms with E-state index >= 15 is 0 Å². The zero-order valence-electron chi connectivity index (χ0n) is 19.4. The number of hydrogen-bond acceptors (Lipinski definition) is 6. The number of rotatable bonds is 5. The number of ether oxygens (including phenoxy) is 1. The molecule has 2 aromatic heterocycles. The fraction of sp³-hybridized carbons (Fsp3) is 0.107. The minimum Gasteiger partial charge on any atom is -0.489 e. The van der Waals surface area contributed by atoms with Crippen molar-refractivity contribution >= 4 is 34.3 Å². The van der Waals surface area contributed by atoms with E-state index in [0.29, 0.717) is 28.7 Å². The number of carbonyl (C=O) groups is 1. The highest BCUT2D eigenvalue weighted by atomic mass is 35.5. The van der Waals surface area contributed by atoms with E-state index in [1.807, 2.05) is 12.1 Å². The van der Waals surface area contributed by atoms with Crippen molar-refractivity contribution in [3.05, 3.63) is 122 Å². The Morgan fingerprint density at radius 3 is 2.62 bits per heavy atom. The van der Waals surface area contributed by atoms with Gasteiger partial charge in [-0.05, 0) is 60.5 Å². The zero-order chi connectivity index (χ0) is 25.7. The van der Waals surface area contributed by atoms with Crippen LogP contribution in [0, 0.1) is 12.7 Å². The Balaban J connectivity index is 1.47. The van der Waals surface area contributed by atoms with Gasteiger partial charge in [-0.2, -0.15) is 0 Å². The van der Waals surface area contributed by atoms with Crippen molar-refractivity contribution in [1.29, 1.82) is 0 Å². The molecule has 7 nitrogen and oxygen atoms in total. The number of aryl methyl sites for hydroxylation is 1. The summed E-state index contributed by atoms with van der Waals surface area (Å²) in [4.78, 5) is 28.5. The molecule has 1 aliphatic rings. The van der Waals surface area contributed by atoms with Gasteiger partial charge in [-0.1, -0.05) is 41.0 Å². The summed E-state index contributed by atoms with van der Waals surface area (Å²) in [7, 11) is 0. The van der Waals surface area contributed by atoms with Crippen LogP contribution in [0.25, 0.3) is 11.0 Å². The normalized spacial score (nSPS) is 14.8. The van der Waals surface area contributed by atoms with Crippen LogP contribution in [-0.4, -0.2) is 11.1 Å². The highest BCUT2D eigenvalue weighted by molar-refractivity contribution is 6.30. The van der Waals surface area contributed by atoms with Crippen LogP contribution in [0.2, 0.25) is 5.02 Å². The summed E-state index contributed by atoms with van der Waals surface area (Å²) in [6, 6.07) is 18.7. The summed E-state index contributed by atoms with van der Waals surface area (Å²) in [6.45, 7) is 1.99. The fourth-order valence-electron chi connectivity index (χ4n) is 4.49. The molecule has 184 valence electrons. The third-order valence-corrected chi connectivity index (χ3v) is 6.44. The SMILES string of the molecule is Cc1cc(N2C(=O)c3oc4ccc(F)cc4c(=O)c3C2c2cccc(OCc3ccc(Cl)cc3)c2)no1. The summed E-state index contributed by atoms with van der Waals surface area (Å²) in [5.41, 5.74) is 1.23. The quantitative estimate of drug-likeness (QED) is 0.276. The van der Waals surface area contributed by atoms with E-state index in [1.54, 1.807) is 49.4 Å². The molecule has 0 fully saturated rings. The molecule has 0 saturated heterocycles. The Hall–Kier alpha value is -4.43. The third-order valence-electron chi connectivity index (χ3n) is 6.19. The Labute approximate surface area is 214 Å². The average molecular weight is 517 g/mol. The Morgan fingerprint density at radius 1 is 1.05 bits per heavy atom. The van der Waals surface area contributed by atoms with Gasteiger partial charge >= 0.3 is 0 Å². The van der Waals surface area contributed by atoms with Crippen LogP contribution >= 0.6 is 11.6 Å². The maximum absolute atomic E-state index is 14.0. The molecule has 1 aliphatic heterocycles. The second kappa shape index (κ2) is 8.90. The van der Waals surface area contributed by atoms with Crippen LogP contribution < -0.4 is 15.1 Å². The minimum absolute atomic E-state index is 0.0462. The average Bonchev–Trinajstić information content (AvgIpc) is 3.45. The highest BCUT2D eigenvalue weighted by Crippen LogP contribution is 2.41. The van der Waals surface area contributed by atoms with E-state index in [1.165, 1.54) is 17.0 Å². The zero-order valence-corrected chi connectivity index (χ0v) is 20.2. The summed E-state index contributed by atoms with van der Waals surface area (Å²) in [6.07, 6.45) is 0. The van der Waals surface area contributed by atoms with Crippen molar-refractivity contribution < 1.29 is 22.9 Å². The predicted molar refractivity (Wildman–Crippen MR) is 135 cm³/mol. The summed E-state index contributed by atoms with van der Waals surface area (Å²) >= 11 is 5.96. The van der Waals surface area contributed by atoms with Crippen LogP contribution in [-0.2, 0) is 6.61 Å². The number of anilines is 1. The first-order valence-electron chi connectivity index (χ1n) is 11.4. The number of halogens is 2. The molecule has 6 rings (SSSR count). The molecule has 3 aromatic carbocycles. The number of benzene rings is 3. The molecule has 0 spiro atoms. The first-order chi connectivity index (χ1) is 17.9. The third kappa shape index (κ3) is 4.05. The van der Waals surface area contributed by atoms with Gasteiger partial charge in [0.2, 0.25) is 5.76 Å². The smallest absolute Gasteiger partial charge is 0.296 e. The molecule has 5 aromatic rings. The number of fused-ring (bicyclic) bond motifs is 2. The van der Waals surface area contributed by atoms with Crippen molar-refractivity contribution in [1.82, 2.24) is 5.16 Å². The lowest BCUT2D eigenvalue weighted by Gasteiger charge is -2.22. The molecule has 0 saturated carbocycles. The van der Waals surface area contributed by atoms with Crippen LogP contribution in [0.5, 0.6) is 5.75 Å². The molecular weight excluding hydrogens is 499 g/mol. The molecule has 3 heterocycles. The number of carbonyl (C=O) groups excluding carboxylic acids is 1. The molecule has 0 N–H and O–H groups in total. The number of nitrogens with zero attached hydrogens (tertiary/aromatic N) is 2. The van der Waals surface area contributed by atoms with Gasteiger partial charge in [-0.25, -0.2) is 4.39 Å². The van der Waals surface area contributed by atoms with E-state index < -0.39 is 23.2 Å². The molecule has 37 heavy (non-hydrogen) atoms. The number of hydrogen-bond donors (Lipinski definition) is 0. The van der Waals surface area contributed by atoms with Crippen molar-refractivity contribution in [3.8, 4) is 5.75 Å². The van der Waals surface area contributed by atoms with E-state index in [4.69, 9.17) is 25.3 Å². The summed E-state index contributed by atoms with van der Waals surface area (Å²) in [5.74, 6) is -0.0143. The van der Waals surface area contributed by atoms with Crippen LogP contribution in [0.4, 0.5) is 10.2 Å². The van der Waals surface area contributed by atoms with Gasteiger partial charge in [-0.15, -0.1) is 0 Å². The molecular formula is C28H18ClFN2O5. The standard InChI is InChI=1S/C28H18ClFN2O5/c1-15-11-23(31-37-15)32-25(17-3-2-4-20(12-17)35-14-16-5-7-18(29)8-6-16)24-26(33)21-13-19(30)9-10-22(21)36-27(24)28(32)34/h2-13,25H,14H2,1H3. The summed E-state index contributed by atoms with van der Waals surface area (Å²) < 4.78 is 31.0. The Bertz CT molecular complexity index is 1730. The van der Waals surface area contributed by atoms with Gasteiger partial charge in [0, 0.05) is 11.1 Å². The van der Waals surface area contributed by atoms with E-state index in [0.717, 1.165) is 11.6 Å². The van der Waals surface area contributed by atoms with Gasteiger partial charge in [0.05, 0.1) is 17.0 Å². The van der Waals surface area contributed by atoms with Gasteiger partial charge < -0.3 is 13.7 Å². The van der Waals surface area contributed by atoms with Crippen molar-refractivity contribution in [2.45, 2.75) is 19.6 Å². The largest absolute Gasteiger partial charge is 0.489 e. The lowest BCUT2D eigenvalue weighted by atomic mass is 9.98. The monoisotopic (exact) mass is 516 g/mol. The van der Waals surface area contributed by atoms with E-state index in [2.05, 4.69) is 5.16 Å². The molecule has 0 radical (unpaired) electrons. The van der Waals surface area contributed by atoms with Crippen molar-refractivity contribution in [2.24, 2.45) is 0 Å². The first-order valence-corrected chi connectivity index (χ1v) is 11.8. The molecule has 1 atom stereocenters. The lowest BCUT2D eigenvalue weighted by molar-refractivity contribution is 0.0969. The topological polar surface area (TPSA) is 85.8 Å². The van der Waals surface area contributed by atoms with Gasteiger partial charge in [0.1, 0.15) is 29.5 Å². The van der Waals surface area contributed by atoms with Crippen LogP contribution in [0.1, 0.15) is 39.0 Å². The molecule has 1 unspecified atom stereocenters. The Morgan fingerprint density at radius 2 is 1.86 bits per heavy atom. The van der Waals surface area contributed by atoms with Crippen LogP contribution in [0.15, 0.2) is 86.5 Å². The molecule has 9 heteroatoms. The maximum Gasteiger partial charge on any atom is 0.296 e. The minimum atomic E-state index is -0.894. The van der Waals surface area contributed by atoms with Gasteiger partial charge in [0.15, 0.2) is 11.2 Å². The number of amides is 1. The molecule has 0 bridgehead atoms. The molecule has 0 aliphatic carbocycles. The van der Waals surface area contributed by atoms with Crippen molar-refractivity contribution in [2.75, 3.05) is 4.90 Å². The van der Waals surface area contributed by atoms with Gasteiger partial charge in [-0.3, -0.25) is 14.5 Å². The second-order valence-corrected chi connectivity index (χ2v) is 9.11. The van der Waals surface area contributed by atoms with Gasteiger partial charge in [0.25, 0.3) is 5.91 Å². The van der Waals surface area contributed by atoms with E-state index in [9.17, 15) is 14.0 Å². The number of aromatic nitrogens is 1. The lowest BCUT2D eigenvalue weighted by Crippen LogP contribution is -2.29. The van der Waals surface area contributed by atoms with Crippen molar-refractivity contribution in [3.63, 3.8) is 0 Å². The fourth-order valence-corrected chi connectivity index (χ4v) is 4.61. The summed E-state index contributed by atoms with van der Waals surface area (Å²) in [5, 5.41) is 4.69. The van der Waals surface area contributed by atoms with E-state index in [-0.39, 0.29) is 28.1 Å². The Kier molecular flexibility index (Phi) is 5.53. The highest BCUT2D eigenvalue weighted by Gasteiger charge is 2.45. The molecule has 1 amide bonds. The first kappa shape index (κ1) is 23.0. The predicted octanol–water partition coefficient (Wildman–Crippen LogP) is 6.21. The maximum atomic E-state index is 14.0.